The Bertz CT molecular complexity index is 604. The number of methoxy groups -OCH3 is 1. The number of hydrogen-bond donors (Lipinski definition) is 1. The van der Waals surface area contributed by atoms with Crippen LogP contribution in [-0.2, 0) is 5.60 Å². The van der Waals surface area contributed by atoms with Crippen molar-refractivity contribution in [3.8, 4) is 5.06 Å². The molecule has 0 spiro atoms. The molecule has 0 unspecified atom stereocenters. The minimum Gasteiger partial charge on any atom is -0.487 e. The molecule has 0 saturated carbocycles. The fourth-order valence-corrected chi connectivity index (χ4v) is 4.79. The summed E-state index contributed by atoms with van der Waals surface area (Å²) in [4.78, 5) is 2.74. The van der Waals surface area contributed by atoms with Gasteiger partial charge in [0.05, 0.1) is 12.0 Å². The highest BCUT2D eigenvalue weighted by molar-refractivity contribution is 7.15. The highest BCUT2D eigenvalue weighted by Crippen LogP contribution is 2.45. The van der Waals surface area contributed by atoms with Crippen molar-refractivity contribution in [1.29, 1.82) is 0 Å². The minimum absolute atomic E-state index is 0.807. The van der Waals surface area contributed by atoms with Gasteiger partial charge in [0, 0.05) is 9.75 Å². The molecule has 0 aliphatic heterocycles. The molecule has 3 rings (SSSR count). The van der Waals surface area contributed by atoms with Crippen molar-refractivity contribution in [3.05, 3.63) is 61.8 Å². The summed E-state index contributed by atoms with van der Waals surface area (Å²) in [6, 6.07) is 11.7. The van der Waals surface area contributed by atoms with Crippen LogP contribution in [0, 0.1) is 0 Å². The number of rotatable bonds is 4. The van der Waals surface area contributed by atoms with E-state index in [2.05, 4.69) is 0 Å². The quantitative estimate of drug-likeness (QED) is 0.784. The van der Waals surface area contributed by atoms with Crippen LogP contribution in [0.5, 0.6) is 5.06 Å². The van der Waals surface area contributed by atoms with Crippen molar-refractivity contribution in [1.82, 2.24) is 0 Å². The Kier molecular flexibility index (Phi) is 3.45. The lowest BCUT2D eigenvalue weighted by Crippen LogP contribution is -2.25. The van der Waals surface area contributed by atoms with Gasteiger partial charge in [0.25, 0.3) is 0 Å². The van der Waals surface area contributed by atoms with E-state index in [0.717, 1.165) is 19.7 Å². The lowest BCUT2D eigenvalue weighted by molar-refractivity contribution is 0.137. The molecular weight excluding hydrogens is 296 g/mol. The first-order valence-electron chi connectivity index (χ1n) is 5.70. The first kappa shape index (κ1) is 12.9. The van der Waals surface area contributed by atoms with E-state index in [9.17, 15) is 5.11 Å². The SMILES string of the molecule is COc1ccc(C(O)(c2cccs2)c2cccs2)s1. The second-order valence-electron chi connectivity index (χ2n) is 3.99. The van der Waals surface area contributed by atoms with Gasteiger partial charge < -0.3 is 9.84 Å². The van der Waals surface area contributed by atoms with E-state index < -0.39 is 5.60 Å². The lowest BCUT2D eigenvalue weighted by Gasteiger charge is -2.24. The molecule has 0 aliphatic rings. The number of aliphatic hydroxyl groups is 1. The zero-order chi connectivity index (χ0) is 13.3. The number of thiophene rings is 3. The zero-order valence-electron chi connectivity index (χ0n) is 10.2. The molecule has 3 aromatic rings. The normalized spacial score (nSPS) is 11.7. The molecule has 5 heteroatoms. The molecule has 0 atom stereocenters. The highest BCUT2D eigenvalue weighted by atomic mass is 32.1. The predicted octanol–water partition coefficient (Wildman–Crippen LogP) is 4.16. The van der Waals surface area contributed by atoms with Gasteiger partial charge in [-0.25, -0.2) is 0 Å². The van der Waals surface area contributed by atoms with Crippen LogP contribution in [0.1, 0.15) is 14.6 Å². The first-order valence-corrected chi connectivity index (χ1v) is 8.27. The van der Waals surface area contributed by atoms with Gasteiger partial charge in [0.2, 0.25) is 0 Å². The van der Waals surface area contributed by atoms with Gasteiger partial charge in [-0.2, -0.15) is 0 Å². The third-order valence-corrected chi connectivity index (χ3v) is 6.01. The molecule has 19 heavy (non-hydrogen) atoms. The third-order valence-electron chi connectivity index (χ3n) is 2.89. The van der Waals surface area contributed by atoms with E-state index in [0.29, 0.717) is 0 Å². The standard InChI is InChI=1S/C14H12O2S3/c1-16-13-7-6-12(19-13)14(15,10-4-2-8-17-10)11-5-3-9-18-11/h2-9,15H,1H3. The Labute approximate surface area is 123 Å². The van der Waals surface area contributed by atoms with Gasteiger partial charge in [-0.15, -0.1) is 34.0 Å². The Morgan fingerprint density at radius 1 is 0.947 bits per heavy atom. The van der Waals surface area contributed by atoms with E-state index in [1.807, 2.05) is 47.2 Å². The molecule has 98 valence electrons. The highest BCUT2D eigenvalue weighted by Gasteiger charge is 2.37. The molecule has 0 aliphatic carbocycles. The molecule has 0 bridgehead atoms. The molecule has 0 fully saturated rings. The molecule has 0 amide bonds. The van der Waals surface area contributed by atoms with E-state index in [1.54, 1.807) is 29.8 Å². The van der Waals surface area contributed by atoms with Gasteiger partial charge in [0.15, 0.2) is 10.7 Å². The van der Waals surface area contributed by atoms with Crippen molar-refractivity contribution in [2.45, 2.75) is 5.60 Å². The molecule has 3 aromatic heterocycles. The Balaban J connectivity index is 2.17. The maximum absolute atomic E-state index is 11.3. The second-order valence-corrected chi connectivity index (χ2v) is 6.93. The summed E-state index contributed by atoms with van der Waals surface area (Å²) < 4.78 is 5.24. The van der Waals surface area contributed by atoms with Crippen LogP contribution in [-0.4, -0.2) is 12.2 Å². The fraction of sp³-hybridized carbons (Fsp3) is 0.143. The van der Waals surface area contributed by atoms with Crippen LogP contribution in [0.25, 0.3) is 0 Å². The van der Waals surface area contributed by atoms with Crippen LogP contribution >= 0.6 is 34.0 Å². The molecule has 1 N–H and O–H groups in total. The topological polar surface area (TPSA) is 29.5 Å². The molecular formula is C14H12O2S3. The number of hydrogen-bond acceptors (Lipinski definition) is 5. The summed E-state index contributed by atoms with van der Waals surface area (Å²) in [5.74, 6) is 0. The zero-order valence-corrected chi connectivity index (χ0v) is 12.6. The van der Waals surface area contributed by atoms with Gasteiger partial charge in [-0.3, -0.25) is 0 Å². The van der Waals surface area contributed by atoms with Gasteiger partial charge >= 0.3 is 0 Å². The van der Waals surface area contributed by atoms with Gasteiger partial charge in [-0.05, 0) is 35.0 Å². The average Bonchev–Trinajstić information content (AvgIpc) is 3.17. The summed E-state index contributed by atoms with van der Waals surface area (Å²) in [5.41, 5.74) is -1.07. The smallest absolute Gasteiger partial charge is 0.173 e. The van der Waals surface area contributed by atoms with E-state index in [4.69, 9.17) is 4.74 Å². The first-order chi connectivity index (χ1) is 9.25. The fourth-order valence-electron chi connectivity index (χ4n) is 1.96. The van der Waals surface area contributed by atoms with Crippen LogP contribution < -0.4 is 4.74 Å². The maximum Gasteiger partial charge on any atom is 0.173 e. The Morgan fingerprint density at radius 3 is 2.00 bits per heavy atom. The van der Waals surface area contributed by atoms with Crippen molar-refractivity contribution >= 4 is 34.0 Å². The third kappa shape index (κ3) is 2.12. The van der Waals surface area contributed by atoms with E-state index >= 15 is 0 Å². The number of ether oxygens (including phenoxy) is 1. The predicted molar refractivity (Wildman–Crippen MR) is 81.6 cm³/mol. The summed E-state index contributed by atoms with van der Waals surface area (Å²) >= 11 is 4.60. The van der Waals surface area contributed by atoms with Crippen LogP contribution in [0.15, 0.2) is 47.2 Å². The largest absolute Gasteiger partial charge is 0.487 e. The Morgan fingerprint density at radius 2 is 1.58 bits per heavy atom. The lowest BCUT2D eigenvalue weighted by atomic mass is 9.98. The van der Waals surface area contributed by atoms with Gasteiger partial charge in [-0.1, -0.05) is 12.1 Å². The molecule has 2 nitrogen and oxygen atoms in total. The average molecular weight is 308 g/mol. The van der Waals surface area contributed by atoms with Crippen molar-refractivity contribution in [2.75, 3.05) is 7.11 Å². The summed E-state index contributed by atoms with van der Waals surface area (Å²) in [5, 5.41) is 16.1. The van der Waals surface area contributed by atoms with Crippen molar-refractivity contribution in [2.24, 2.45) is 0 Å². The second kappa shape index (κ2) is 5.09. The maximum atomic E-state index is 11.3. The minimum atomic E-state index is -1.07. The summed E-state index contributed by atoms with van der Waals surface area (Å²) in [7, 11) is 1.64. The summed E-state index contributed by atoms with van der Waals surface area (Å²) in [6.07, 6.45) is 0. The van der Waals surface area contributed by atoms with Gasteiger partial charge in [0.1, 0.15) is 0 Å². The molecule has 0 aromatic carbocycles. The van der Waals surface area contributed by atoms with Crippen LogP contribution in [0.2, 0.25) is 0 Å². The summed E-state index contributed by atoms with van der Waals surface area (Å²) in [6.45, 7) is 0. The monoisotopic (exact) mass is 308 g/mol. The van der Waals surface area contributed by atoms with Crippen LogP contribution in [0.4, 0.5) is 0 Å². The molecule has 0 saturated heterocycles. The van der Waals surface area contributed by atoms with Crippen molar-refractivity contribution in [3.63, 3.8) is 0 Å². The van der Waals surface area contributed by atoms with Crippen molar-refractivity contribution < 1.29 is 9.84 Å². The van der Waals surface area contributed by atoms with E-state index in [-0.39, 0.29) is 0 Å². The molecule has 3 heterocycles. The molecule has 0 radical (unpaired) electrons. The Hall–Kier alpha value is -1.14. The van der Waals surface area contributed by atoms with E-state index in [1.165, 1.54) is 11.3 Å². The van der Waals surface area contributed by atoms with Crippen LogP contribution in [0.3, 0.4) is 0 Å².